The summed E-state index contributed by atoms with van der Waals surface area (Å²) in [5.41, 5.74) is 2.56. The summed E-state index contributed by atoms with van der Waals surface area (Å²) in [6, 6.07) is 5.04. The molecular formula is C25H38N4O5. The van der Waals surface area contributed by atoms with Crippen LogP contribution in [-0.4, -0.2) is 48.2 Å². The molecule has 1 spiro atoms. The van der Waals surface area contributed by atoms with Crippen molar-refractivity contribution in [2.24, 2.45) is 11.8 Å². The number of nitrogens with one attached hydrogen (secondary N) is 3. The van der Waals surface area contributed by atoms with Gasteiger partial charge in [-0.15, -0.1) is 0 Å². The third kappa shape index (κ3) is 5.63. The Morgan fingerprint density at radius 3 is 2.41 bits per heavy atom. The monoisotopic (exact) mass is 474 g/mol. The van der Waals surface area contributed by atoms with E-state index in [0.29, 0.717) is 43.5 Å². The molecule has 2 fully saturated rings. The Bertz CT molecular complexity index is 895. The normalized spacial score (nSPS) is 23.2. The first kappa shape index (κ1) is 25.8. The first-order valence-corrected chi connectivity index (χ1v) is 12.3. The average Bonchev–Trinajstić information content (AvgIpc) is 3.02. The van der Waals surface area contributed by atoms with Gasteiger partial charge in [-0.3, -0.25) is 15.0 Å². The van der Waals surface area contributed by atoms with Crippen LogP contribution in [0.25, 0.3) is 0 Å². The number of ether oxygens (including phenoxy) is 2. The van der Waals surface area contributed by atoms with Crippen molar-refractivity contribution < 1.29 is 23.9 Å². The van der Waals surface area contributed by atoms with Gasteiger partial charge in [0.15, 0.2) is 11.5 Å². The maximum absolute atomic E-state index is 13.0. The van der Waals surface area contributed by atoms with Gasteiger partial charge in [0.25, 0.3) is 11.8 Å². The molecule has 9 heteroatoms. The number of amides is 4. The van der Waals surface area contributed by atoms with E-state index in [9.17, 15) is 14.4 Å². The van der Waals surface area contributed by atoms with E-state index in [4.69, 9.17) is 9.47 Å². The first-order valence-electron chi connectivity index (χ1n) is 12.3. The Kier molecular flexibility index (Phi) is 8.41. The van der Waals surface area contributed by atoms with Crippen LogP contribution in [0.15, 0.2) is 18.2 Å². The molecule has 1 aliphatic carbocycles. The van der Waals surface area contributed by atoms with Gasteiger partial charge in [-0.2, -0.15) is 5.01 Å². The van der Waals surface area contributed by atoms with Crippen molar-refractivity contribution in [2.75, 3.05) is 19.8 Å². The summed E-state index contributed by atoms with van der Waals surface area (Å²) >= 11 is 0. The third-order valence-electron chi connectivity index (χ3n) is 6.60. The molecule has 1 aliphatic heterocycles. The molecule has 9 nitrogen and oxygen atoms in total. The molecule has 3 N–H and O–H groups in total. The summed E-state index contributed by atoms with van der Waals surface area (Å²) in [6.07, 6.45) is 2.94. The Morgan fingerprint density at radius 1 is 1.15 bits per heavy atom. The number of hydrazine groups is 1. The van der Waals surface area contributed by atoms with Crippen molar-refractivity contribution in [2.45, 2.75) is 71.9 Å². The highest BCUT2D eigenvalue weighted by atomic mass is 16.5. The Labute approximate surface area is 201 Å². The SMILES string of the molecule is CCOc1ccc([C@@H](NCC(=O)NN2C(=O)NC3(CCC(C)CC3)C2=O)C(C)C)cc1OCC. The van der Waals surface area contributed by atoms with Crippen LogP contribution in [0.4, 0.5) is 4.79 Å². The number of hydrogen-bond acceptors (Lipinski definition) is 6. The van der Waals surface area contributed by atoms with Crippen molar-refractivity contribution >= 4 is 17.8 Å². The molecule has 1 aromatic rings. The summed E-state index contributed by atoms with van der Waals surface area (Å²) in [7, 11) is 0. The van der Waals surface area contributed by atoms with Crippen molar-refractivity contribution in [3.05, 3.63) is 23.8 Å². The van der Waals surface area contributed by atoms with Crippen LogP contribution in [0.1, 0.15) is 71.9 Å². The number of rotatable bonds is 10. The van der Waals surface area contributed by atoms with Gasteiger partial charge >= 0.3 is 6.03 Å². The molecule has 2 aliphatic rings. The Hall–Kier alpha value is -2.81. The van der Waals surface area contributed by atoms with E-state index in [1.165, 1.54) is 0 Å². The molecule has 3 rings (SSSR count). The highest BCUT2D eigenvalue weighted by molar-refractivity contribution is 6.08. The summed E-state index contributed by atoms with van der Waals surface area (Å²) in [5.74, 6) is 1.21. The van der Waals surface area contributed by atoms with Crippen molar-refractivity contribution in [1.82, 2.24) is 21.1 Å². The van der Waals surface area contributed by atoms with Gasteiger partial charge in [0.1, 0.15) is 5.54 Å². The summed E-state index contributed by atoms with van der Waals surface area (Å²) in [5, 5.41) is 6.91. The molecule has 1 saturated heterocycles. The fourth-order valence-electron chi connectivity index (χ4n) is 4.68. The third-order valence-corrected chi connectivity index (χ3v) is 6.60. The maximum atomic E-state index is 13.0. The Balaban J connectivity index is 1.64. The number of hydrogen-bond donors (Lipinski definition) is 3. The van der Waals surface area contributed by atoms with Crippen molar-refractivity contribution in [3.63, 3.8) is 0 Å². The van der Waals surface area contributed by atoms with Crippen LogP contribution in [0.2, 0.25) is 0 Å². The zero-order valence-electron chi connectivity index (χ0n) is 20.9. The quantitative estimate of drug-likeness (QED) is 0.449. The van der Waals surface area contributed by atoms with E-state index in [1.807, 2.05) is 32.0 Å². The zero-order valence-corrected chi connectivity index (χ0v) is 20.9. The van der Waals surface area contributed by atoms with E-state index in [1.54, 1.807) is 0 Å². The van der Waals surface area contributed by atoms with Gasteiger partial charge in [-0.05, 0) is 69.1 Å². The molecule has 188 valence electrons. The fraction of sp³-hybridized carbons (Fsp3) is 0.640. The summed E-state index contributed by atoms with van der Waals surface area (Å²) in [4.78, 5) is 38.1. The topological polar surface area (TPSA) is 109 Å². The molecule has 1 atom stereocenters. The highest BCUT2D eigenvalue weighted by Crippen LogP contribution is 2.36. The van der Waals surface area contributed by atoms with Crippen LogP contribution in [0.3, 0.4) is 0 Å². The second-order valence-corrected chi connectivity index (χ2v) is 9.55. The van der Waals surface area contributed by atoms with Gasteiger partial charge in [0.05, 0.1) is 19.8 Å². The minimum Gasteiger partial charge on any atom is -0.490 e. The largest absolute Gasteiger partial charge is 0.490 e. The standard InChI is InChI=1S/C25H38N4O5/c1-6-33-19-9-8-18(14-20(19)34-7-2)22(16(3)4)26-15-21(30)28-29-23(31)25(27-24(29)32)12-10-17(5)11-13-25/h8-9,14,16-17,22,26H,6-7,10-13,15H2,1-5H3,(H,27,32)(H,28,30)/t17?,22-,25?/m0/s1. The first-order chi connectivity index (χ1) is 16.2. The van der Waals surface area contributed by atoms with Gasteiger partial charge in [-0.25, -0.2) is 4.79 Å². The molecule has 1 saturated carbocycles. The number of nitrogens with zero attached hydrogens (tertiary/aromatic N) is 1. The number of urea groups is 1. The highest BCUT2D eigenvalue weighted by Gasteiger charge is 2.52. The zero-order chi connectivity index (χ0) is 24.9. The smallest absolute Gasteiger partial charge is 0.344 e. The minimum absolute atomic E-state index is 0.0544. The average molecular weight is 475 g/mol. The molecule has 1 aromatic carbocycles. The van der Waals surface area contributed by atoms with E-state index in [2.05, 4.69) is 36.8 Å². The van der Waals surface area contributed by atoms with Gasteiger partial charge < -0.3 is 20.1 Å². The number of imide groups is 1. The van der Waals surface area contributed by atoms with E-state index < -0.39 is 17.5 Å². The molecular weight excluding hydrogens is 436 g/mol. The van der Waals surface area contributed by atoms with Gasteiger partial charge in [0.2, 0.25) is 0 Å². The number of benzene rings is 1. The molecule has 0 bridgehead atoms. The van der Waals surface area contributed by atoms with Crippen LogP contribution in [-0.2, 0) is 9.59 Å². The van der Waals surface area contributed by atoms with Crippen LogP contribution >= 0.6 is 0 Å². The lowest BCUT2D eigenvalue weighted by Gasteiger charge is -2.33. The van der Waals surface area contributed by atoms with E-state index in [-0.39, 0.29) is 24.4 Å². The lowest BCUT2D eigenvalue weighted by molar-refractivity contribution is -0.139. The Morgan fingerprint density at radius 2 is 1.79 bits per heavy atom. The van der Waals surface area contributed by atoms with E-state index in [0.717, 1.165) is 23.4 Å². The number of carbonyl (C=O) groups excluding carboxylic acids is 3. The maximum Gasteiger partial charge on any atom is 0.344 e. The lowest BCUT2D eigenvalue weighted by atomic mass is 9.77. The molecule has 34 heavy (non-hydrogen) atoms. The predicted molar refractivity (Wildman–Crippen MR) is 128 cm³/mol. The van der Waals surface area contributed by atoms with Gasteiger partial charge in [0, 0.05) is 6.04 Å². The molecule has 4 amide bonds. The van der Waals surface area contributed by atoms with Crippen molar-refractivity contribution in [1.29, 1.82) is 0 Å². The summed E-state index contributed by atoms with van der Waals surface area (Å²) < 4.78 is 11.4. The predicted octanol–water partition coefficient (Wildman–Crippen LogP) is 3.30. The number of carbonyl (C=O) groups is 3. The molecule has 0 aromatic heterocycles. The van der Waals surface area contributed by atoms with Crippen LogP contribution < -0.4 is 25.5 Å². The molecule has 0 unspecified atom stereocenters. The van der Waals surface area contributed by atoms with E-state index >= 15 is 0 Å². The van der Waals surface area contributed by atoms with Crippen molar-refractivity contribution in [3.8, 4) is 11.5 Å². The van der Waals surface area contributed by atoms with Crippen LogP contribution in [0, 0.1) is 11.8 Å². The lowest BCUT2D eigenvalue weighted by Crippen LogP contribution is -2.52. The minimum atomic E-state index is -0.886. The second-order valence-electron chi connectivity index (χ2n) is 9.55. The second kappa shape index (κ2) is 11.1. The fourth-order valence-corrected chi connectivity index (χ4v) is 4.68. The summed E-state index contributed by atoms with van der Waals surface area (Å²) in [6.45, 7) is 11.1. The van der Waals surface area contributed by atoms with Gasteiger partial charge in [-0.1, -0.05) is 26.8 Å². The molecule has 0 radical (unpaired) electrons. The molecule has 1 heterocycles. The van der Waals surface area contributed by atoms with Crippen LogP contribution in [0.5, 0.6) is 11.5 Å².